The summed E-state index contributed by atoms with van der Waals surface area (Å²) in [5, 5.41) is 3.52. The van der Waals surface area contributed by atoms with Gasteiger partial charge in [0.15, 0.2) is 0 Å². The van der Waals surface area contributed by atoms with E-state index in [1.54, 1.807) is 0 Å². The van der Waals surface area contributed by atoms with Gasteiger partial charge in [0.1, 0.15) is 0 Å². The molecule has 4 rings (SSSR count). The van der Waals surface area contributed by atoms with Gasteiger partial charge in [-0.05, 0) is 58.5 Å². The lowest BCUT2D eigenvalue weighted by Gasteiger charge is -2.11. The van der Waals surface area contributed by atoms with Gasteiger partial charge in [0, 0.05) is 16.7 Å². The SMILES string of the molecule is Brc1ccc(NCc2cccc3c2Cc2ccccc2-3)cc1. The van der Waals surface area contributed by atoms with Crippen molar-refractivity contribution >= 4 is 21.6 Å². The lowest BCUT2D eigenvalue weighted by molar-refractivity contribution is 1.09. The predicted octanol–water partition coefficient (Wildman–Crippen LogP) is 5.63. The van der Waals surface area contributed by atoms with Gasteiger partial charge in [-0.1, -0.05) is 58.4 Å². The van der Waals surface area contributed by atoms with E-state index in [0.29, 0.717) is 0 Å². The Morgan fingerprint density at radius 2 is 1.59 bits per heavy atom. The highest BCUT2D eigenvalue weighted by atomic mass is 79.9. The van der Waals surface area contributed by atoms with Gasteiger partial charge in [0.2, 0.25) is 0 Å². The molecule has 22 heavy (non-hydrogen) atoms. The Hall–Kier alpha value is -2.06. The molecule has 108 valence electrons. The first-order chi connectivity index (χ1) is 10.8. The van der Waals surface area contributed by atoms with Crippen LogP contribution < -0.4 is 5.32 Å². The van der Waals surface area contributed by atoms with Crippen molar-refractivity contribution in [2.24, 2.45) is 0 Å². The van der Waals surface area contributed by atoms with E-state index in [0.717, 1.165) is 23.1 Å². The van der Waals surface area contributed by atoms with Crippen molar-refractivity contribution in [3.63, 3.8) is 0 Å². The summed E-state index contributed by atoms with van der Waals surface area (Å²) in [6.45, 7) is 0.860. The molecule has 1 aliphatic carbocycles. The van der Waals surface area contributed by atoms with Crippen LogP contribution in [0.2, 0.25) is 0 Å². The average Bonchev–Trinajstić information content (AvgIpc) is 2.94. The summed E-state index contributed by atoms with van der Waals surface area (Å²) >= 11 is 3.47. The Bertz CT molecular complexity index is 821. The van der Waals surface area contributed by atoms with Gasteiger partial charge in [-0.25, -0.2) is 0 Å². The molecule has 0 aromatic heterocycles. The molecule has 0 unspecified atom stereocenters. The van der Waals surface area contributed by atoms with E-state index in [1.807, 2.05) is 0 Å². The number of anilines is 1. The topological polar surface area (TPSA) is 12.0 Å². The molecule has 0 spiro atoms. The first-order valence-electron chi connectivity index (χ1n) is 7.50. The molecule has 0 heterocycles. The molecule has 0 fully saturated rings. The second-order valence-corrected chi connectivity index (χ2v) is 6.55. The van der Waals surface area contributed by atoms with E-state index < -0.39 is 0 Å². The molecule has 0 radical (unpaired) electrons. The smallest absolute Gasteiger partial charge is 0.0403 e. The normalized spacial score (nSPS) is 11.9. The Kier molecular flexibility index (Phi) is 3.47. The predicted molar refractivity (Wildman–Crippen MR) is 96.2 cm³/mol. The van der Waals surface area contributed by atoms with Crippen molar-refractivity contribution in [3.05, 3.63) is 87.9 Å². The standard InChI is InChI=1S/C20H16BrN/c21-16-8-10-17(11-9-16)22-13-15-5-3-7-19-18-6-2-1-4-14(18)12-20(15)19/h1-11,22H,12-13H2. The van der Waals surface area contributed by atoms with Crippen molar-refractivity contribution in [1.29, 1.82) is 0 Å². The van der Waals surface area contributed by atoms with Crippen molar-refractivity contribution < 1.29 is 0 Å². The van der Waals surface area contributed by atoms with Gasteiger partial charge in [-0.3, -0.25) is 0 Å². The van der Waals surface area contributed by atoms with Crippen molar-refractivity contribution in [2.45, 2.75) is 13.0 Å². The average molecular weight is 350 g/mol. The number of rotatable bonds is 3. The van der Waals surface area contributed by atoms with Crippen LogP contribution in [0, 0.1) is 0 Å². The Morgan fingerprint density at radius 3 is 2.45 bits per heavy atom. The molecule has 0 saturated carbocycles. The fourth-order valence-electron chi connectivity index (χ4n) is 3.15. The fourth-order valence-corrected chi connectivity index (χ4v) is 3.42. The molecule has 1 N–H and O–H groups in total. The number of halogens is 1. The first kappa shape index (κ1) is 13.6. The van der Waals surface area contributed by atoms with Crippen LogP contribution in [-0.2, 0) is 13.0 Å². The number of nitrogens with one attached hydrogen (secondary N) is 1. The minimum Gasteiger partial charge on any atom is -0.381 e. The van der Waals surface area contributed by atoms with E-state index >= 15 is 0 Å². The molecule has 3 aromatic rings. The molecular formula is C20H16BrN. The quantitative estimate of drug-likeness (QED) is 0.505. The van der Waals surface area contributed by atoms with E-state index in [2.05, 4.69) is 88.0 Å². The highest BCUT2D eigenvalue weighted by Gasteiger charge is 2.19. The molecule has 0 aliphatic heterocycles. The second kappa shape index (κ2) is 5.62. The summed E-state index contributed by atoms with van der Waals surface area (Å²) in [7, 11) is 0. The molecule has 0 saturated heterocycles. The third-order valence-electron chi connectivity index (χ3n) is 4.27. The lowest BCUT2D eigenvalue weighted by atomic mass is 10.0. The van der Waals surface area contributed by atoms with Gasteiger partial charge in [-0.2, -0.15) is 0 Å². The number of hydrogen-bond acceptors (Lipinski definition) is 1. The highest BCUT2D eigenvalue weighted by Crippen LogP contribution is 2.38. The maximum atomic E-state index is 3.52. The summed E-state index contributed by atoms with van der Waals surface area (Å²) in [6.07, 6.45) is 1.05. The van der Waals surface area contributed by atoms with E-state index in [-0.39, 0.29) is 0 Å². The Labute approximate surface area is 139 Å². The number of hydrogen-bond donors (Lipinski definition) is 1. The van der Waals surface area contributed by atoms with Crippen LogP contribution in [0.1, 0.15) is 16.7 Å². The van der Waals surface area contributed by atoms with Crippen LogP contribution in [0.3, 0.4) is 0 Å². The summed E-state index contributed by atoms with van der Waals surface area (Å²) in [5.74, 6) is 0. The van der Waals surface area contributed by atoms with Gasteiger partial charge in [0.05, 0.1) is 0 Å². The monoisotopic (exact) mass is 349 g/mol. The van der Waals surface area contributed by atoms with Crippen LogP contribution in [0.4, 0.5) is 5.69 Å². The zero-order chi connectivity index (χ0) is 14.9. The molecule has 1 nitrogen and oxygen atoms in total. The van der Waals surface area contributed by atoms with Gasteiger partial charge < -0.3 is 5.32 Å². The van der Waals surface area contributed by atoms with Crippen LogP contribution in [0.15, 0.2) is 71.2 Å². The zero-order valence-corrected chi connectivity index (χ0v) is 13.7. The van der Waals surface area contributed by atoms with Crippen LogP contribution >= 0.6 is 15.9 Å². The summed E-state index contributed by atoms with van der Waals surface area (Å²) in [4.78, 5) is 0. The summed E-state index contributed by atoms with van der Waals surface area (Å²) < 4.78 is 1.11. The highest BCUT2D eigenvalue weighted by molar-refractivity contribution is 9.10. The third-order valence-corrected chi connectivity index (χ3v) is 4.80. The van der Waals surface area contributed by atoms with Gasteiger partial charge in [-0.15, -0.1) is 0 Å². The second-order valence-electron chi connectivity index (χ2n) is 5.64. The van der Waals surface area contributed by atoms with E-state index in [4.69, 9.17) is 0 Å². The largest absolute Gasteiger partial charge is 0.381 e. The van der Waals surface area contributed by atoms with Crippen molar-refractivity contribution in [2.75, 3.05) is 5.32 Å². The van der Waals surface area contributed by atoms with Gasteiger partial charge >= 0.3 is 0 Å². The number of fused-ring (bicyclic) bond motifs is 3. The fraction of sp³-hybridized carbons (Fsp3) is 0.100. The molecule has 2 heteroatoms. The first-order valence-corrected chi connectivity index (χ1v) is 8.29. The Morgan fingerprint density at radius 1 is 0.818 bits per heavy atom. The van der Waals surface area contributed by atoms with Crippen molar-refractivity contribution in [3.8, 4) is 11.1 Å². The third kappa shape index (κ3) is 2.44. The van der Waals surface area contributed by atoms with Gasteiger partial charge in [0.25, 0.3) is 0 Å². The molecule has 1 aliphatic rings. The van der Waals surface area contributed by atoms with E-state index in [1.165, 1.54) is 27.8 Å². The van der Waals surface area contributed by atoms with Crippen LogP contribution in [0.25, 0.3) is 11.1 Å². The maximum Gasteiger partial charge on any atom is 0.0403 e. The molecular weight excluding hydrogens is 334 g/mol. The van der Waals surface area contributed by atoms with Crippen LogP contribution in [0.5, 0.6) is 0 Å². The summed E-state index contributed by atoms with van der Waals surface area (Å²) in [5.41, 5.74) is 8.23. The molecule has 0 amide bonds. The summed E-state index contributed by atoms with van der Waals surface area (Å²) in [6, 6.07) is 23.7. The van der Waals surface area contributed by atoms with E-state index in [9.17, 15) is 0 Å². The molecule has 0 bridgehead atoms. The zero-order valence-electron chi connectivity index (χ0n) is 12.1. The van der Waals surface area contributed by atoms with Crippen molar-refractivity contribution in [1.82, 2.24) is 0 Å². The van der Waals surface area contributed by atoms with Crippen LogP contribution in [-0.4, -0.2) is 0 Å². The minimum absolute atomic E-state index is 0.860. The minimum atomic E-state index is 0.860. The molecule has 3 aromatic carbocycles. The molecule has 0 atom stereocenters. The Balaban J connectivity index is 1.61. The lowest BCUT2D eigenvalue weighted by Crippen LogP contribution is -2.02. The number of benzene rings is 3. The maximum absolute atomic E-state index is 3.52.